The molecule has 6 nitrogen and oxygen atoms in total. The molecule has 0 heterocycles. The Morgan fingerprint density at radius 2 is 1.71 bits per heavy atom. The third kappa shape index (κ3) is 3.39. The predicted octanol–water partition coefficient (Wildman–Crippen LogP) is 1.48. The molecule has 2 aromatic carbocycles. The molecular formula is C14H15N3O3S. The van der Waals surface area contributed by atoms with Crippen molar-refractivity contribution in [2.45, 2.75) is 11.8 Å². The normalized spacial score (nSPS) is 11.1. The molecular weight excluding hydrogens is 290 g/mol. The van der Waals surface area contributed by atoms with Crippen LogP contribution >= 0.6 is 0 Å². The number of rotatable bonds is 3. The number of hydrogen-bond acceptors (Lipinski definition) is 4. The number of carbonyl (C=O) groups excluding carboxylic acids is 1. The highest BCUT2D eigenvalue weighted by molar-refractivity contribution is 7.89. The molecule has 0 radical (unpaired) electrons. The zero-order chi connectivity index (χ0) is 15.6. The summed E-state index contributed by atoms with van der Waals surface area (Å²) >= 11 is 0. The van der Waals surface area contributed by atoms with Gasteiger partial charge in [0.2, 0.25) is 10.0 Å². The number of aryl methyl sites for hydroxylation is 1. The molecule has 21 heavy (non-hydrogen) atoms. The lowest BCUT2D eigenvalue weighted by atomic mass is 10.1. The van der Waals surface area contributed by atoms with Crippen molar-refractivity contribution in [2.24, 2.45) is 5.14 Å². The minimum atomic E-state index is -3.75. The van der Waals surface area contributed by atoms with Gasteiger partial charge >= 0.3 is 0 Å². The molecule has 0 saturated heterocycles. The first kappa shape index (κ1) is 15.0. The van der Waals surface area contributed by atoms with Crippen molar-refractivity contribution < 1.29 is 13.2 Å². The zero-order valence-corrected chi connectivity index (χ0v) is 12.1. The van der Waals surface area contributed by atoms with Crippen LogP contribution in [-0.4, -0.2) is 14.3 Å². The Morgan fingerprint density at radius 3 is 2.29 bits per heavy atom. The van der Waals surface area contributed by atoms with Crippen LogP contribution in [0.4, 0.5) is 11.4 Å². The van der Waals surface area contributed by atoms with Crippen molar-refractivity contribution in [3.05, 3.63) is 53.6 Å². The van der Waals surface area contributed by atoms with Crippen LogP contribution in [0, 0.1) is 6.92 Å². The third-order valence-corrected chi connectivity index (χ3v) is 3.94. The molecule has 0 aliphatic heterocycles. The van der Waals surface area contributed by atoms with E-state index in [4.69, 9.17) is 10.9 Å². The molecule has 110 valence electrons. The second-order valence-corrected chi connectivity index (χ2v) is 6.12. The number of carbonyl (C=O) groups is 1. The summed E-state index contributed by atoms with van der Waals surface area (Å²) in [6, 6.07) is 10.7. The number of benzene rings is 2. The molecule has 0 bridgehead atoms. The molecule has 0 aliphatic carbocycles. The van der Waals surface area contributed by atoms with Gasteiger partial charge in [0.25, 0.3) is 5.91 Å². The van der Waals surface area contributed by atoms with Gasteiger partial charge in [-0.05, 0) is 42.8 Å². The Labute approximate surface area is 122 Å². The molecule has 7 heteroatoms. The lowest BCUT2D eigenvalue weighted by molar-refractivity contribution is 0.102. The molecule has 0 saturated carbocycles. The van der Waals surface area contributed by atoms with Gasteiger partial charge in [-0.3, -0.25) is 4.79 Å². The van der Waals surface area contributed by atoms with E-state index in [0.29, 0.717) is 16.9 Å². The maximum absolute atomic E-state index is 12.1. The monoisotopic (exact) mass is 305 g/mol. The van der Waals surface area contributed by atoms with E-state index in [1.54, 1.807) is 12.1 Å². The van der Waals surface area contributed by atoms with Crippen molar-refractivity contribution in [3.8, 4) is 0 Å². The van der Waals surface area contributed by atoms with Crippen molar-refractivity contribution in [1.82, 2.24) is 0 Å². The Balaban J connectivity index is 2.22. The van der Waals surface area contributed by atoms with Crippen LogP contribution in [0.5, 0.6) is 0 Å². The van der Waals surface area contributed by atoms with Gasteiger partial charge < -0.3 is 11.1 Å². The van der Waals surface area contributed by atoms with E-state index in [0.717, 1.165) is 5.56 Å². The first-order valence-electron chi connectivity index (χ1n) is 6.08. The number of amides is 1. The van der Waals surface area contributed by atoms with Gasteiger partial charge in [-0.25, -0.2) is 13.6 Å². The van der Waals surface area contributed by atoms with E-state index in [-0.39, 0.29) is 10.8 Å². The van der Waals surface area contributed by atoms with Crippen LogP contribution in [-0.2, 0) is 10.0 Å². The molecule has 0 atom stereocenters. The Bertz CT molecular complexity index is 784. The summed E-state index contributed by atoms with van der Waals surface area (Å²) in [4.78, 5) is 12.1. The number of anilines is 2. The largest absolute Gasteiger partial charge is 0.398 e. The van der Waals surface area contributed by atoms with Crippen LogP contribution in [0.25, 0.3) is 0 Å². The van der Waals surface area contributed by atoms with Gasteiger partial charge in [-0.2, -0.15) is 0 Å². The number of sulfonamides is 1. The van der Waals surface area contributed by atoms with E-state index in [1.165, 1.54) is 24.3 Å². The van der Waals surface area contributed by atoms with Crippen LogP contribution in [0.3, 0.4) is 0 Å². The SMILES string of the molecule is Cc1cccc(C(=O)Nc2ccc(S(N)(=O)=O)cc2)c1N. The van der Waals surface area contributed by atoms with Crippen LogP contribution < -0.4 is 16.2 Å². The standard InChI is InChI=1S/C14H15N3O3S/c1-9-3-2-4-12(13(9)15)14(18)17-10-5-7-11(8-6-10)21(16,19)20/h2-8H,15H2,1H3,(H,17,18)(H2,16,19,20). The predicted molar refractivity (Wildman–Crippen MR) is 81.4 cm³/mol. The van der Waals surface area contributed by atoms with Crippen LogP contribution in [0.2, 0.25) is 0 Å². The number of para-hydroxylation sites is 1. The van der Waals surface area contributed by atoms with Gasteiger partial charge in [0.05, 0.1) is 10.5 Å². The van der Waals surface area contributed by atoms with Crippen LogP contribution in [0.15, 0.2) is 47.4 Å². The molecule has 0 spiro atoms. The summed E-state index contributed by atoms with van der Waals surface area (Å²) in [5.41, 5.74) is 7.91. The molecule has 5 N–H and O–H groups in total. The molecule has 0 unspecified atom stereocenters. The third-order valence-electron chi connectivity index (χ3n) is 3.01. The fourth-order valence-corrected chi connectivity index (χ4v) is 2.32. The topological polar surface area (TPSA) is 115 Å². The highest BCUT2D eigenvalue weighted by atomic mass is 32.2. The number of hydrogen-bond donors (Lipinski definition) is 3. The van der Waals surface area contributed by atoms with Gasteiger partial charge in [-0.15, -0.1) is 0 Å². The summed E-state index contributed by atoms with van der Waals surface area (Å²) in [7, 11) is -3.75. The smallest absolute Gasteiger partial charge is 0.257 e. The Hall–Kier alpha value is -2.38. The van der Waals surface area contributed by atoms with Gasteiger partial charge in [-0.1, -0.05) is 12.1 Å². The average molecular weight is 305 g/mol. The maximum Gasteiger partial charge on any atom is 0.257 e. The summed E-state index contributed by atoms with van der Waals surface area (Å²) in [6.07, 6.45) is 0. The van der Waals surface area contributed by atoms with Crippen molar-refractivity contribution in [2.75, 3.05) is 11.1 Å². The highest BCUT2D eigenvalue weighted by Gasteiger charge is 2.12. The minimum Gasteiger partial charge on any atom is -0.398 e. The number of nitrogens with one attached hydrogen (secondary N) is 1. The number of nitrogen functional groups attached to an aromatic ring is 1. The van der Waals surface area contributed by atoms with E-state index in [1.807, 2.05) is 13.0 Å². The molecule has 1 amide bonds. The van der Waals surface area contributed by atoms with Crippen molar-refractivity contribution in [1.29, 1.82) is 0 Å². The molecule has 0 aromatic heterocycles. The molecule has 0 fully saturated rings. The zero-order valence-electron chi connectivity index (χ0n) is 11.3. The van der Waals surface area contributed by atoms with Gasteiger partial charge in [0, 0.05) is 11.4 Å². The first-order chi connectivity index (χ1) is 9.79. The number of primary sulfonamides is 1. The minimum absolute atomic E-state index is 0.0180. The average Bonchev–Trinajstić information content (AvgIpc) is 2.41. The summed E-state index contributed by atoms with van der Waals surface area (Å²) in [5, 5.41) is 7.65. The Morgan fingerprint density at radius 1 is 1.10 bits per heavy atom. The lowest BCUT2D eigenvalue weighted by Crippen LogP contribution is -2.15. The summed E-state index contributed by atoms with van der Waals surface area (Å²) in [5.74, 6) is -0.362. The highest BCUT2D eigenvalue weighted by Crippen LogP contribution is 2.19. The fourth-order valence-electron chi connectivity index (χ4n) is 1.81. The molecule has 0 aliphatic rings. The first-order valence-corrected chi connectivity index (χ1v) is 7.63. The lowest BCUT2D eigenvalue weighted by Gasteiger charge is -2.09. The Kier molecular flexibility index (Phi) is 3.97. The van der Waals surface area contributed by atoms with Crippen molar-refractivity contribution in [3.63, 3.8) is 0 Å². The van der Waals surface area contributed by atoms with Crippen LogP contribution in [0.1, 0.15) is 15.9 Å². The van der Waals surface area contributed by atoms with E-state index in [2.05, 4.69) is 5.32 Å². The quantitative estimate of drug-likeness (QED) is 0.745. The molecule has 2 rings (SSSR count). The maximum atomic E-state index is 12.1. The van der Waals surface area contributed by atoms with Crippen molar-refractivity contribution >= 4 is 27.3 Å². The van der Waals surface area contributed by atoms with E-state index >= 15 is 0 Å². The van der Waals surface area contributed by atoms with E-state index in [9.17, 15) is 13.2 Å². The second kappa shape index (κ2) is 5.55. The fraction of sp³-hybridized carbons (Fsp3) is 0.0714. The summed E-state index contributed by atoms with van der Waals surface area (Å²) < 4.78 is 22.3. The van der Waals surface area contributed by atoms with E-state index < -0.39 is 10.0 Å². The number of nitrogens with two attached hydrogens (primary N) is 2. The summed E-state index contributed by atoms with van der Waals surface area (Å²) in [6.45, 7) is 1.81. The van der Waals surface area contributed by atoms with Gasteiger partial charge in [0.1, 0.15) is 0 Å². The second-order valence-electron chi connectivity index (χ2n) is 4.56. The molecule has 2 aromatic rings. The van der Waals surface area contributed by atoms with Gasteiger partial charge in [0.15, 0.2) is 0 Å².